The maximum atomic E-state index is 9.37. The minimum Gasteiger partial charge on any atom is -0.481 e. The Kier molecular flexibility index (Phi) is 32.3. The van der Waals surface area contributed by atoms with E-state index in [1.165, 1.54) is 128 Å². The lowest BCUT2D eigenvalue weighted by Gasteiger charge is -2.05. The van der Waals surface area contributed by atoms with Gasteiger partial charge in [-0.15, -0.1) is 0 Å². The lowest BCUT2D eigenvalue weighted by molar-refractivity contribution is -0.136. The van der Waals surface area contributed by atoms with E-state index < -0.39 is 5.97 Å². The van der Waals surface area contributed by atoms with Crippen molar-refractivity contribution in [2.75, 3.05) is 13.2 Å². The SMILES string of the molecule is CCC(=O)O.CCCCCCCCCCCCOCCCCCCCCCCCC. The number of carboxylic acid groups (broad SMARTS) is 1. The van der Waals surface area contributed by atoms with Crippen molar-refractivity contribution in [2.24, 2.45) is 0 Å². The molecular weight excluding hydrogens is 372 g/mol. The first-order valence-electron chi connectivity index (χ1n) is 13.5. The maximum Gasteiger partial charge on any atom is 0.303 e. The van der Waals surface area contributed by atoms with Gasteiger partial charge in [-0.05, 0) is 12.8 Å². The van der Waals surface area contributed by atoms with Gasteiger partial charge in [0.1, 0.15) is 0 Å². The lowest BCUT2D eigenvalue weighted by atomic mass is 10.1. The van der Waals surface area contributed by atoms with Gasteiger partial charge in [-0.3, -0.25) is 4.79 Å². The second-order valence-corrected chi connectivity index (χ2v) is 8.72. The molecule has 0 amide bonds. The van der Waals surface area contributed by atoms with Crippen LogP contribution in [0.5, 0.6) is 0 Å². The maximum absolute atomic E-state index is 9.37. The van der Waals surface area contributed by atoms with E-state index in [4.69, 9.17) is 9.84 Å². The third-order valence-corrected chi connectivity index (χ3v) is 5.59. The fraction of sp³-hybridized carbons (Fsp3) is 0.963. The van der Waals surface area contributed by atoms with Crippen LogP contribution in [0.2, 0.25) is 0 Å². The van der Waals surface area contributed by atoms with Crippen molar-refractivity contribution in [3.8, 4) is 0 Å². The number of ether oxygens (including phenoxy) is 1. The minimum absolute atomic E-state index is 0.222. The van der Waals surface area contributed by atoms with Crippen LogP contribution in [0, 0.1) is 0 Å². The molecule has 0 fully saturated rings. The predicted octanol–water partition coefficient (Wildman–Crippen LogP) is 9.33. The fourth-order valence-electron chi connectivity index (χ4n) is 3.49. The van der Waals surface area contributed by atoms with Gasteiger partial charge in [-0.2, -0.15) is 0 Å². The van der Waals surface area contributed by atoms with E-state index in [1.54, 1.807) is 6.92 Å². The number of hydrogen-bond acceptors (Lipinski definition) is 2. The molecule has 0 aromatic carbocycles. The molecule has 0 aromatic rings. The number of carboxylic acids is 1. The van der Waals surface area contributed by atoms with E-state index in [0.717, 1.165) is 13.2 Å². The predicted molar refractivity (Wildman–Crippen MR) is 132 cm³/mol. The molecule has 3 heteroatoms. The molecule has 0 radical (unpaired) electrons. The molecule has 0 heterocycles. The van der Waals surface area contributed by atoms with E-state index in [0.29, 0.717) is 0 Å². The van der Waals surface area contributed by atoms with Crippen LogP contribution in [-0.2, 0) is 9.53 Å². The van der Waals surface area contributed by atoms with Gasteiger partial charge in [0.25, 0.3) is 0 Å². The van der Waals surface area contributed by atoms with Crippen LogP contribution in [0.4, 0.5) is 0 Å². The Morgan fingerprint density at radius 2 is 0.733 bits per heavy atom. The molecule has 1 N–H and O–H groups in total. The van der Waals surface area contributed by atoms with Crippen molar-refractivity contribution in [2.45, 2.75) is 156 Å². The van der Waals surface area contributed by atoms with Gasteiger partial charge in [0.05, 0.1) is 0 Å². The highest BCUT2D eigenvalue weighted by molar-refractivity contribution is 5.66. The van der Waals surface area contributed by atoms with E-state index in [9.17, 15) is 4.79 Å². The molecule has 0 atom stereocenters. The molecule has 0 rings (SSSR count). The molecular formula is C27H56O3. The Hall–Kier alpha value is -0.570. The third-order valence-electron chi connectivity index (χ3n) is 5.59. The van der Waals surface area contributed by atoms with Crippen molar-refractivity contribution >= 4 is 5.97 Å². The van der Waals surface area contributed by atoms with Crippen molar-refractivity contribution < 1.29 is 14.6 Å². The first-order chi connectivity index (χ1) is 14.7. The van der Waals surface area contributed by atoms with Gasteiger partial charge in [0.15, 0.2) is 0 Å². The summed E-state index contributed by atoms with van der Waals surface area (Å²) in [6.07, 6.45) is 28.4. The number of rotatable bonds is 23. The van der Waals surface area contributed by atoms with Crippen LogP contribution in [0.1, 0.15) is 156 Å². The molecule has 0 bridgehead atoms. The van der Waals surface area contributed by atoms with E-state index in [1.807, 2.05) is 0 Å². The van der Waals surface area contributed by atoms with Crippen LogP contribution in [0.25, 0.3) is 0 Å². The zero-order chi connectivity index (χ0) is 22.5. The molecule has 0 saturated carbocycles. The van der Waals surface area contributed by atoms with Crippen LogP contribution in [-0.4, -0.2) is 24.3 Å². The molecule has 0 spiro atoms. The largest absolute Gasteiger partial charge is 0.481 e. The monoisotopic (exact) mass is 428 g/mol. The molecule has 0 aliphatic carbocycles. The Bertz CT molecular complexity index is 282. The third kappa shape index (κ3) is 34.9. The van der Waals surface area contributed by atoms with Crippen LogP contribution >= 0.6 is 0 Å². The first-order valence-corrected chi connectivity index (χ1v) is 13.5. The van der Waals surface area contributed by atoms with Crippen LogP contribution < -0.4 is 0 Å². The zero-order valence-electron chi connectivity index (χ0n) is 21.0. The summed E-state index contributed by atoms with van der Waals surface area (Å²) < 4.78 is 5.78. The van der Waals surface area contributed by atoms with Crippen molar-refractivity contribution in [3.05, 3.63) is 0 Å². The lowest BCUT2D eigenvalue weighted by Crippen LogP contribution is -1.97. The van der Waals surface area contributed by atoms with Gasteiger partial charge in [0, 0.05) is 19.6 Å². The molecule has 182 valence electrons. The summed E-state index contributed by atoms with van der Waals surface area (Å²) in [6, 6.07) is 0. The number of hydrogen-bond donors (Lipinski definition) is 1. The van der Waals surface area contributed by atoms with Crippen LogP contribution in [0.15, 0.2) is 0 Å². The average Bonchev–Trinajstić information content (AvgIpc) is 2.75. The van der Waals surface area contributed by atoms with Crippen molar-refractivity contribution in [1.29, 1.82) is 0 Å². The van der Waals surface area contributed by atoms with E-state index >= 15 is 0 Å². The van der Waals surface area contributed by atoms with E-state index in [2.05, 4.69) is 13.8 Å². The number of aliphatic carboxylic acids is 1. The number of unbranched alkanes of at least 4 members (excludes halogenated alkanes) is 18. The fourth-order valence-corrected chi connectivity index (χ4v) is 3.49. The highest BCUT2D eigenvalue weighted by Crippen LogP contribution is 2.12. The second-order valence-electron chi connectivity index (χ2n) is 8.72. The Morgan fingerprint density at radius 1 is 0.500 bits per heavy atom. The molecule has 0 aliphatic rings. The quantitative estimate of drug-likeness (QED) is 0.165. The molecule has 30 heavy (non-hydrogen) atoms. The van der Waals surface area contributed by atoms with Gasteiger partial charge in [0.2, 0.25) is 0 Å². The summed E-state index contributed by atoms with van der Waals surface area (Å²) in [5.41, 5.74) is 0. The summed E-state index contributed by atoms with van der Waals surface area (Å²) in [6.45, 7) is 8.17. The molecule has 0 aromatic heterocycles. The van der Waals surface area contributed by atoms with Crippen molar-refractivity contribution in [3.63, 3.8) is 0 Å². The van der Waals surface area contributed by atoms with Crippen molar-refractivity contribution in [1.82, 2.24) is 0 Å². The van der Waals surface area contributed by atoms with Gasteiger partial charge in [-0.25, -0.2) is 0 Å². The minimum atomic E-state index is -0.745. The Labute approximate surface area is 189 Å². The summed E-state index contributed by atoms with van der Waals surface area (Å²) in [5.74, 6) is -0.745. The van der Waals surface area contributed by atoms with Gasteiger partial charge >= 0.3 is 5.97 Å². The molecule has 0 aliphatic heterocycles. The second kappa shape index (κ2) is 30.6. The topological polar surface area (TPSA) is 46.5 Å². The van der Waals surface area contributed by atoms with E-state index in [-0.39, 0.29) is 6.42 Å². The highest BCUT2D eigenvalue weighted by atomic mass is 16.5. The summed E-state index contributed by atoms with van der Waals surface area (Å²) >= 11 is 0. The first kappa shape index (κ1) is 31.6. The molecule has 0 unspecified atom stereocenters. The van der Waals surface area contributed by atoms with Crippen LogP contribution in [0.3, 0.4) is 0 Å². The van der Waals surface area contributed by atoms with Gasteiger partial charge in [-0.1, -0.05) is 136 Å². The number of carbonyl (C=O) groups is 1. The summed E-state index contributed by atoms with van der Waals surface area (Å²) in [7, 11) is 0. The average molecular weight is 429 g/mol. The molecule has 0 saturated heterocycles. The Morgan fingerprint density at radius 3 is 0.967 bits per heavy atom. The normalized spacial score (nSPS) is 10.6. The standard InChI is InChI=1S/C24H50O.C3H6O2/c1-3-5-7-9-11-13-15-17-19-21-23-25-24-22-20-18-16-14-12-10-8-6-4-2;1-2-3(4)5/h3-24H2,1-2H3;2H2,1H3,(H,4,5). The zero-order valence-corrected chi connectivity index (χ0v) is 21.0. The molecule has 3 nitrogen and oxygen atoms in total. The smallest absolute Gasteiger partial charge is 0.303 e. The summed E-state index contributed by atoms with van der Waals surface area (Å²) in [5, 5.41) is 7.72. The highest BCUT2D eigenvalue weighted by Gasteiger charge is 1.95. The Balaban J connectivity index is 0. The summed E-state index contributed by atoms with van der Waals surface area (Å²) in [4.78, 5) is 9.37. The van der Waals surface area contributed by atoms with Gasteiger partial charge < -0.3 is 9.84 Å².